The molecule has 2 aromatic rings. The van der Waals surface area contributed by atoms with Gasteiger partial charge in [-0.25, -0.2) is 0 Å². The van der Waals surface area contributed by atoms with E-state index in [-0.39, 0.29) is 10.8 Å². The van der Waals surface area contributed by atoms with Crippen LogP contribution >= 0.6 is 0 Å². The van der Waals surface area contributed by atoms with Gasteiger partial charge in [-0.05, 0) is 52.5 Å². The minimum atomic E-state index is 0.117. The van der Waals surface area contributed by atoms with E-state index in [1.807, 2.05) is 12.1 Å². The standard InChI is InChI=1S/C23H29NO3/c1-22(2)11-12-23(3,4)18-13-15(7-9-17(18)22)20-19(26-5)10-8-16(14-24-25)21(20)27-6/h7-10,13-14,25H,11-12H2,1-6H3. The van der Waals surface area contributed by atoms with E-state index in [9.17, 15) is 0 Å². The molecule has 144 valence electrons. The van der Waals surface area contributed by atoms with Crippen molar-refractivity contribution >= 4 is 6.21 Å². The first-order chi connectivity index (χ1) is 12.7. The van der Waals surface area contributed by atoms with Crippen LogP contribution in [0.2, 0.25) is 0 Å². The normalized spacial score (nSPS) is 17.6. The quantitative estimate of drug-likeness (QED) is 0.439. The number of nitrogens with zero attached hydrogens (tertiary/aromatic N) is 1. The lowest BCUT2D eigenvalue weighted by atomic mass is 9.63. The summed E-state index contributed by atoms with van der Waals surface area (Å²) >= 11 is 0. The van der Waals surface area contributed by atoms with Gasteiger partial charge in [-0.3, -0.25) is 0 Å². The highest BCUT2D eigenvalue weighted by atomic mass is 16.5. The summed E-state index contributed by atoms with van der Waals surface area (Å²) in [5, 5.41) is 12.2. The van der Waals surface area contributed by atoms with Crippen molar-refractivity contribution < 1.29 is 14.7 Å². The van der Waals surface area contributed by atoms with Crippen LogP contribution < -0.4 is 9.47 Å². The van der Waals surface area contributed by atoms with E-state index in [1.54, 1.807) is 14.2 Å². The second kappa shape index (κ2) is 6.91. The molecule has 0 unspecified atom stereocenters. The van der Waals surface area contributed by atoms with Gasteiger partial charge in [-0.2, -0.15) is 0 Å². The number of methoxy groups -OCH3 is 2. The van der Waals surface area contributed by atoms with E-state index in [2.05, 4.69) is 51.0 Å². The summed E-state index contributed by atoms with van der Waals surface area (Å²) in [4.78, 5) is 0. The van der Waals surface area contributed by atoms with Crippen LogP contribution in [0.1, 0.15) is 57.2 Å². The molecule has 4 heteroatoms. The highest BCUT2D eigenvalue weighted by Gasteiger charge is 2.37. The van der Waals surface area contributed by atoms with Gasteiger partial charge < -0.3 is 14.7 Å². The molecule has 0 aliphatic heterocycles. The first kappa shape index (κ1) is 19.3. The maximum atomic E-state index is 8.99. The molecule has 4 nitrogen and oxygen atoms in total. The third-order valence-electron chi connectivity index (χ3n) is 5.91. The first-order valence-electron chi connectivity index (χ1n) is 9.33. The van der Waals surface area contributed by atoms with Crippen molar-refractivity contribution in [3.05, 3.63) is 47.0 Å². The van der Waals surface area contributed by atoms with Crippen LogP contribution in [0.25, 0.3) is 11.1 Å². The second-order valence-electron chi connectivity index (χ2n) is 8.54. The predicted molar refractivity (Wildman–Crippen MR) is 110 cm³/mol. The van der Waals surface area contributed by atoms with Crippen LogP contribution in [0.3, 0.4) is 0 Å². The topological polar surface area (TPSA) is 51.0 Å². The summed E-state index contributed by atoms with van der Waals surface area (Å²) in [5.74, 6) is 1.37. The Balaban J connectivity index is 2.28. The van der Waals surface area contributed by atoms with Crippen molar-refractivity contribution in [2.45, 2.75) is 51.4 Å². The third-order valence-corrected chi connectivity index (χ3v) is 5.91. The summed E-state index contributed by atoms with van der Waals surface area (Å²) in [6, 6.07) is 10.4. The van der Waals surface area contributed by atoms with Crippen molar-refractivity contribution in [1.82, 2.24) is 0 Å². The molecule has 0 atom stereocenters. The van der Waals surface area contributed by atoms with E-state index < -0.39 is 0 Å². The van der Waals surface area contributed by atoms with Crippen molar-refractivity contribution in [3.8, 4) is 22.6 Å². The molecule has 1 aliphatic carbocycles. The van der Waals surface area contributed by atoms with Gasteiger partial charge in [0.05, 0.1) is 26.0 Å². The molecule has 0 spiro atoms. The van der Waals surface area contributed by atoms with E-state index >= 15 is 0 Å². The molecule has 0 radical (unpaired) electrons. The maximum absolute atomic E-state index is 8.99. The molecule has 27 heavy (non-hydrogen) atoms. The number of rotatable bonds is 4. The average molecular weight is 367 g/mol. The minimum Gasteiger partial charge on any atom is -0.496 e. The van der Waals surface area contributed by atoms with E-state index in [0.717, 1.165) is 23.3 Å². The lowest BCUT2D eigenvalue weighted by Gasteiger charge is -2.42. The molecule has 1 aliphatic rings. The van der Waals surface area contributed by atoms with E-state index in [0.29, 0.717) is 11.3 Å². The zero-order valence-corrected chi connectivity index (χ0v) is 17.1. The molecular formula is C23H29NO3. The van der Waals surface area contributed by atoms with Crippen LogP contribution in [0.4, 0.5) is 0 Å². The van der Waals surface area contributed by atoms with E-state index in [1.165, 1.54) is 23.8 Å². The molecular weight excluding hydrogens is 338 g/mol. The molecule has 3 rings (SSSR count). The van der Waals surface area contributed by atoms with Crippen molar-refractivity contribution in [1.29, 1.82) is 0 Å². The zero-order valence-electron chi connectivity index (χ0n) is 17.1. The molecule has 0 saturated carbocycles. The lowest BCUT2D eigenvalue weighted by molar-refractivity contribution is 0.321. The minimum absolute atomic E-state index is 0.117. The molecule has 1 N–H and O–H groups in total. The van der Waals surface area contributed by atoms with E-state index in [4.69, 9.17) is 14.7 Å². The highest BCUT2D eigenvalue weighted by Crippen LogP contribution is 2.48. The number of oxime groups is 1. The van der Waals surface area contributed by atoms with Gasteiger partial charge in [0.15, 0.2) is 0 Å². The Morgan fingerprint density at radius 3 is 2.19 bits per heavy atom. The number of hydrogen-bond donors (Lipinski definition) is 1. The third kappa shape index (κ3) is 3.29. The van der Waals surface area contributed by atoms with Gasteiger partial charge >= 0.3 is 0 Å². The number of benzene rings is 2. The van der Waals surface area contributed by atoms with Crippen LogP contribution in [0, 0.1) is 0 Å². The maximum Gasteiger partial charge on any atom is 0.139 e. The van der Waals surface area contributed by atoms with Gasteiger partial charge in [0, 0.05) is 5.56 Å². The van der Waals surface area contributed by atoms with Crippen molar-refractivity contribution in [2.24, 2.45) is 5.16 Å². The Morgan fingerprint density at radius 1 is 0.926 bits per heavy atom. The van der Waals surface area contributed by atoms with Gasteiger partial charge in [0.25, 0.3) is 0 Å². The first-order valence-corrected chi connectivity index (χ1v) is 9.33. The zero-order chi connectivity index (χ0) is 19.8. The van der Waals surface area contributed by atoms with Crippen LogP contribution in [-0.2, 0) is 10.8 Å². The smallest absolute Gasteiger partial charge is 0.139 e. The Kier molecular flexibility index (Phi) is 4.94. The lowest BCUT2D eigenvalue weighted by Crippen LogP contribution is -2.33. The monoisotopic (exact) mass is 367 g/mol. The average Bonchev–Trinajstić information content (AvgIpc) is 2.65. The summed E-state index contributed by atoms with van der Waals surface area (Å²) in [5.41, 5.74) is 5.69. The molecule has 0 aromatic heterocycles. The summed E-state index contributed by atoms with van der Waals surface area (Å²) in [6.45, 7) is 9.27. The predicted octanol–water partition coefficient (Wildman–Crippen LogP) is 5.53. The van der Waals surface area contributed by atoms with Crippen LogP contribution in [0.15, 0.2) is 35.5 Å². The summed E-state index contributed by atoms with van der Waals surface area (Å²) < 4.78 is 11.3. The van der Waals surface area contributed by atoms with Crippen molar-refractivity contribution in [2.75, 3.05) is 14.2 Å². The molecule has 0 amide bonds. The Morgan fingerprint density at radius 2 is 1.59 bits per heavy atom. The fraction of sp³-hybridized carbons (Fsp3) is 0.435. The Hall–Kier alpha value is -2.49. The molecule has 0 bridgehead atoms. The van der Waals surface area contributed by atoms with Gasteiger partial charge in [0.1, 0.15) is 11.5 Å². The number of fused-ring (bicyclic) bond motifs is 1. The van der Waals surface area contributed by atoms with Gasteiger partial charge in [-0.1, -0.05) is 51.0 Å². The summed E-state index contributed by atoms with van der Waals surface area (Å²) in [7, 11) is 3.28. The second-order valence-corrected chi connectivity index (χ2v) is 8.54. The molecule has 0 heterocycles. The number of hydrogen-bond acceptors (Lipinski definition) is 4. The largest absolute Gasteiger partial charge is 0.496 e. The fourth-order valence-electron chi connectivity index (χ4n) is 4.15. The van der Waals surface area contributed by atoms with Crippen molar-refractivity contribution in [3.63, 3.8) is 0 Å². The van der Waals surface area contributed by atoms with Crippen LogP contribution in [-0.4, -0.2) is 25.6 Å². The Bertz CT molecular complexity index is 881. The fourth-order valence-corrected chi connectivity index (χ4v) is 4.15. The Labute approximate surface area is 161 Å². The van der Waals surface area contributed by atoms with Crippen LogP contribution in [0.5, 0.6) is 11.5 Å². The molecule has 0 saturated heterocycles. The van der Waals surface area contributed by atoms with Gasteiger partial charge in [0.2, 0.25) is 0 Å². The molecule has 0 fully saturated rings. The SMILES string of the molecule is COc1ccc(C=NO)c(OC)c1-c1ccc2c(c1)C(C)(C)CCC2(C)C. The number of ether oxygens (including phenoxy) is 2. The highest BCUT2D eigenvalue weighted by molar-refractivity contribution is 5.91. The molecule has 2 aromatic carbocycles. The van der Waals surface area contributed by atoms with Gasteiger partial charge in [-0.15, -0.1) is 0 Å². The summed E-state index contributed by atoms with van der Waals surface area (Å²) in [6.07, 6.45) is 3.72.